The number of alkyl halides is 1. The number of anilines is 1. The largest absolute Gasteiger partial charge is 0.324 e. The lowest BCUT2D eigenvalue weighted by Crippen LogP contribution is -2.13. The number of halogens is 3. The molecule has 1 N–H and O–H groups in total. The Bertz CT molecular complexity index is 345. The van der Waals surface area contributed by atoms with Gasteiger partial charge in [0.2, 0.25) is 5.91 Å². The minimum Gasteiger partial charge on any atom is -0.324 e. The fourth-order valence-electron chi connectivity index (χ4n) is 1.03. The summed E-state index contributed by atoms with van der Waals surface area (Å²) in [4.78, 5) is 11.1. The van der Waals surface area contributed by atoms with Crippen LogP contribution in [0, 0.1) is 6.92 Å². The Morgan fingerprint density at radius 2 is 2.14 bits per heavy atom. The van der Waals surface area contributed by atoms with Gasteiger partial charge in [-0.1, -0.05) is 15.9 Å². The van der Waals surface area contributed by atoms with Gasteiger partial charge in [-0.3, -0.25) is 4.79 Å². The van der Waals surface area contributed by atoms with Gasteiger partial charge in [0.05, 0.1) is 5.69 Å². The predicted octanol–water partition coefficient (Wildman–Crippen LogP) is 3.70. The standard InChI is InChI=1S/C9H8Br2ClNO/c1-5-2-6(10)3-7(11)9(5)13-8(14)4-12/h2-3H,4H2,1H3,(H,13,14). The number of aryl methyl sites for hydroxylation is 1. The Hall–Kier alpha value is -0.0600. The number of benzene rings is 1. The molecule has 1 aromatic rings. The van der Waals surface area contributed by atoms with E-state index in [9.17, 15) is 4.79 Å². The molecular weight excluding hydrogens is 333 g/mol. The normalized spacial score (nSPS) is 10.0. The summed E-state index contributed by atoms with van der Waals surface area (Å²) in [6, 6.07) is 3.80. The van der Waals surface area contributed by atoms with Gasteiger partial charge in [-0.05, 0) is 40.5 Å². The number of carbonyl (C=O) groups excluding carboxylic acids is 1. The van der Waals surface area contributed by atoms with Crippen molar-refractivity contribution >= 4 is 55.1 Å². The van der Waals surface area contributed by atoms with Gasteiger partial charge in [-0.2, -0.15) is 0 Å². The predicted molar refractivity (Wildman–Crippen MR) is 65.9 cm³/mol. The smallest absolute Gasteiger partial charge is 0.239 e. The molecular formula is C9H8Br2ClNO. The third kappa shape index (κ3) is 2.97. The van der Waals surface area contributed by atoms with E-state index in [1.807, 2.05) is 19.1 Å². The second-order valence-corrected chi connectivity index (χ2v) is 4.80. The lowest BCUT2D eigenvalue weighted by atomic mass is 10.2. The quantitative estimate of drug-likeness (QED) is 0.817. The van der Waals surface area contributed by atoms with Crippen LogP contribution in [-0.4, -0.2) is 11.8 Å². The molecule has 0 aliphatic rings. The van der Waals surface area contributed by atoms with Gasteiger partial charge in [-0.25, -0.2) is 0 Å². The fourth-order valence-corrected chi connectivity index (χ4v) is 2.64. The Labute approximate surface area is 104 Å². The SMILES string of the molecule is Cc1cc(Br)cc(Br)c1NC(=O)CCl. The van der Waals surface area contributed by atoms with Gasteiger partial charge in [0.1, 0.15) is 5.88 Å². The Balaban J connectivity index is 3.02. The lowest BCUT2D eigenvalue weighted by Gasteiger charge is -2.09. The van der Waals surface area contributed by atoms with Crippen LogP contribution in [0.1, 0.15) is 5.56 Å². The maximum Gasteiger partial charge on any atom is 0.239 e. The molecule has 76 valence electrons. The highest BCUT2D eigenvalue weighted by atomic mass is 79.9. The topological polar surface area (TPSA) is 29.1 Å². The lowest BCUT2D eigenvalue weighted by molar-refractivity contribution is -0.113. The molecule has 2 nitrogen and oxygen atoms in total. The molecule has 0 saturated carbocycles. The van der Waals surface area contributed by atoms with E-state index >= 15 is 0 Å². The molecule has 0 aromatic heterocycles. The van der Waals surface area contributed by atoms with Crippen molar-refractivity contribution in [2.24, 2.45) is 0 Å². The molecule has 0 spiro atoms. The summed E-state index contributed by atoms with van der Waals surface area (Å²) < 4.78 is 1.80. The van der Waals surface area contributed by atoms with E-state index in [2.05, 4.69) is 37.2 Å². The highest BCUT2D eigenvalue weighted by Crippen LogP contribution is 2.30. The molecule has 5 heteroatoms. The summed E-state index contributed by atoms with van der Waals surface area (Å²) >= 11 is 12.1. The number of carbonyl (C=O) groups is 1. The van der Waals surface area contributed by atoms with E-state index in [4.69, 9.17) is 11.6 Å². The van der Waals surface area contributed by atoms with E-state index in [1.165, 1.54) is 0 Å². The van der Waals surface area contributed by atoms with Gasteiger partial charge in [-0.15, -0.1) is 11.6 Å². The van der Waals surface area contributed by atoms with Crippen LogP contribution in [0.3, 0.4) is 0 Å². The molecule has 1 amide bonds. The molecule has 0 aliphatic heterocycles. The van der Waals surface area contributed by atoms with Crippen molar-refractivity contribution < 1.29 is 4.79 Å². The third-order valence-corrected chi connectivity index (χ3v) is 2.96. The van der Waals surface area contributed by atoms with Crippen LogP contribution in [-0.2, 0) is 4.79 Å². The zero-order chi connectivity index (χ0) is 10.7. The van der Waals surface area contributed by atoms with Gasteiger partial charge in [0, 0.05) is 8.95 Å². The number of rotatable bonds is 2. The second-order valence-electron chi connectivity index (χ2n) is 2.76. The van der Waals surface area contributed by atoms with E-state index in [1.54, 1.807) is 0 Å². The van der Waals surface area contributed by atoms with Crippen LogP contribution >= 0.6 is 43.5 Å². The average molecular weight is 341 g/mol. The van der Waals surface area contributed by atoms with Crippen molar-refractivity contribution in [2.75, 3.05) is 11.2 Å². The molecule has 0 saturated heterocycles. The summed E-state index contributed by atoms with van der Waals surface area (Å²) in [5.74, 6) is -0.250. The molecule has 0 bridgehead atoms. The van der Waals surface area contributed by atoms with Crippen LogP contribution in [0.2, 0.25) is 0 Å². The number of amides is 1. The third-order valence-electron chi connectivity index (χ3n) is 1.64. The minimum absolute atomic E-state index is 0.0397. The summed E-state index contributed by atoms with van der Waals surface area (Å²) in [5, 5.41) is 2.72. The molecule has 1 rings (SSSR count). The average Bonchev–Trinajstić information content (AvgIpc) is 2.10. The van der Waals surface area contributed by atoms with Gasteiger partial charge in [0.15, 0.2) is 0 Å². The molecule has 0 unspecified atom stereocenters. The first-order chi connectivity index (χ1) is 6.54. The van der Waals surface area contributed by atoms with Gasteiger partial charge >= 0.3 is 0 Å². The van der Waals surface area contributed by atoms with Gasteiger partial charge in [0.25, 0.3) is 0 Å². The summed E-state index contributed by atoms with van der Waals surface area (Å²) in [6.07, 6.45) is 0. The van der Waals surface area contributed by atoms with Crippen LogP contribution in [0.4, 0.5) is 5.69 Å². The van der Waals surface area contributed by atoms with Crippen molar-refractivity contribution in [2.45, 2.75) is 6.92 Å². The van der Waals surface area contributed by atoms with Crippen molar-refractivity contribution in [3.8, 4) is 0 Å². The number of nitrogens with one attached hydrogen (secondary N) is 1. The Morgan fingerprint density at radius 1 is 1.50 bits per heavy atom. The van der Waals surface area contributed by atoms with Crippen LogP contribution in [0.25, 0.3) is 0 Å². The molecule has 1 aromatic carbocycles. The summed E-state index contributed by atoms with van der Waals surface area (Å²) in [5.41, 5.74) is 1.74. The first kappa shape index (κ1) is 12.0. The highest BCUT2D eigenvalue weighted by molar-refractivity contribution is 9.11. The Morgan fingerprint density at radius 3 is 2.64 bits per heavy atom. The van der Waals surface area contributed by atoms with E-state index in [0.29, 0.717) is 0 Å². The summed E-state index contributed by atoms with van der Waals surface area (Å²) in [7, 11) is 0. The highest BCUT2D eigenvalue weighted by Gasteiger charge is 2.08. The van der Waals surface area contributed by atoms with Crippen molar-refractivity contribution in [1.29, 1.82) is 0 Å². The molecule has 0 fully saturated rings. The molecule has 0 heterocycles. The number of hydrogen-bond donors (Lipinski definition) is 1. The Kier molecular flexibility index (Phi) is 4.41. The second kappa shape index (κ2) is 5.14. The van der Waals surface area contributed by atoms with Crippen molar-refractivity contribution in [1.82, 2.24) is 0 Å². The van der Waals surface area contributed by atoms with Crippen LogP contribution in [0.5, 0.6) is 0 Å². The van der Waals surface area contributed by atoms with E-state index in [0.717, 1.165) is 20.2 Å². The van der Waals surface area contributed by atoms with Crippen molar-refractivity contribution in [3.05, 3.63) is 26.6 Å². The van der Waals surface area contributed by atoms with Gasteiger partial charge < -0.3 is 5.32 Å². The maximum atomic E-state index is 11.1. The zero-order valence-electron chi connectivity index (χ0n) is 7.40. The first-order valence-corrected chi connectivity index (χ1v) is 5.98. The zero-order valence-corrected chi connectivity index (χ0v) is 11.3. The van der Waals surface area contributed by atoms with E-state index < -0.39 is 0 Å². The summed E-state index contributed by atoms with van der Waals surface area (Å²) in [6.45, 7) is 1.92. The van der Waals surface area contributed by atoms with Crippen LogP contribution in [0.15, 0.2) is 21.1 Å². The monoisotopic (exact) mass is 339 g/mol. The molecule has 0 atom stereocenters. The van der Waals surface area contributed by atoms with E-state index in [-0.39, 0.29) is 11.8 Å². The fraction of sp³-hybridized carbons (Fsp3) is 0.222. The van der Waals surface area contributed by atoms with Crippen LogP contribution < -0.4 is 5.32 Å². The molecule has 0 radical (unpaired) electrons. The number of hydrogen-bond acceptors (Lipinski definition) is 1. The molecule has 0 aliphatic carbocycles. The maximum absolute atomic E-state index is 11.1. The minimum atomic E-state index is -0.210. The molecule has 14 heavy (non-hydrogen) atoms. The first-order valence-electron chi connectivity index (χ1n) is 3.86. The van der Waals surface area contributed by atoms with Crippen molar-refractivity contribution in [3.63, 3.8) is 0 Å².